The van der Waals surface area contributed by atoms with Crippen molar-refractivity contribution in [2.45, 2.75) is 45.7 Å². The standard InChI is InChI=1S/C18H25ClN2O4/c1-11(2)8-15(20-12(3)22)17(23)21-16(18(24)25-4)10-13-6-5-7-14(19)9-13/h5-7,9,11,15-16H,8,10H2,1-4H3,(H,20,22)(H,21,23)/t15-,16-/m0/s1. The molecule has 0 bridgehead atoms. The van der Waals surface area contributed by atoms with Crippen LogP contribution in [0, 0.1) is 5.92 Å². The van der Waals surface area contributed by atoms with E-state index in [4.69, 9.17) is 16.3 Å². The van der Waals surface area contributed by atoms with Gasteiger partial charge in [0.05, 0.1) is 7.11 Å². The van der Waals surface area contributed by atoms with Gasteiger partial charge in [-0.2, -0.15) is 0 Å². The van der Waals surface area contributed by atoms with Crippen molar-refractivity contribution in [2.24, 2.45) is 5.92 Å². The van der Waals surface area contributed by atoms with Gasteiger partial charge in [0.2, 0.25) is 11.8 Å². The van der Waals surface area contributed by atoms with Gasteiger partial charge in [-0.15, -0.1) is 0 Å². The number of hydrogen-bond acceptors (Lipinski definition) is 4. The molecule has 2 atom stereocenters. The van der Waals surface area contributed by atoms with Crippen LogP contribution in [0.15, 0.2) is 24.3 Å². The second-order valence-corrected chi connectivity index (χ2v) is 6.74. The molecule has 0 aliphatic carbocycles. The van der Waals surface area contributed by atoms with Gasteiger partial charge in [-0.05, 0) is 30.0 Å². The minimum atomic E-state index is -0.862. The molecule has 2 amide bonds. The fraction of sp³-hybridized carbons (Fsp3) is 0.500. The van der Waals surface area contributed by atoms with Crippen molar-refractivity contribution in [3.63, 3.8) is 0 Å². The number of esters is 1. The zero-order valence-electron chi connectivity index (χ0n) is 15.0. The van der Waals surface area contributed by atoms with Crippen molar-refractivity contribution in [3.8, 4) is 0 Å². The van der Waals surface area contributed by atoms with E-state index in [-0.39, 0.29) is 18.2 Å². The van der Waals surface area contributed by atoms with Crippen LogP contribution in [0.5, 0.6) is 0 Å². The highest BCUT2D eigenvalue weighted by Gasteiger charge is 2.27. The Morgan fingerprint density at radius 1 is 1.16 bits per heavy atom. The molecular weight excluding hydrogens is 344 g/mol. The number of hydrogen-bond donors (Lipinski definition) is 2. The average molecular weight is 369 g/mol. The molecule has 0 spiro atoms. The van der Waals surface area contributed by atoms with Gasteiger partial charge in [0.1, 0.15) is 12.1 Å². The largest absolute Gasteiger partial charge is 0.467 e. The zero-order valence-corrected chi connectivity index (χ0v) is 15.7. The van der Waals surface area contributed by atoms with Crippen LogP contribution < -0.4 is 10.6 Å². The van der Waals surface area contributed by atoms with Gasteiger partial charge in [0, 0.05) is 18.4 Å². The molecule has 2 N–H and O–H groups in total. The monoisotopic (exact) mass is 368 g/mol. The predicted octanol–water partition coefficient (Wildman–Crippen LogP) is 2.09. The molecule has 0 unspecified atom stereocenters. The number of ether oxygens (including phenoxy) is 1. The Kier molecular flexibility index (Phi) is 8.41. The summed E-state index contributed by atoms with van der Waals surface area (Å²) in [4.78, 5) is 35.9. The molecule has 138 valence electrons. The summed E-state index contributed by atoms with van der Waals surface area (Å²) in [5.74, 6) is -1.07. The molecule has 0 aliphatic heterocycles. The fourth-order valence-electron chi connectivity index (χ4n) is 2.46. The molecule has 1 aromatic carbocycles. The highest BCUT2D eigenvalue weighted by molar-refractivity contribution is 6.30. The van der Waals surface area contributed by atoms with Crippen LogP contribution in [0.4, 0.5) is 0 Å². The van der Waals surface area contributed by atoms with Crippen LogP contribution in [0.3, 0.4) is 0 Å². The third-order valence-electron chi connectivity index (χ3n) is 3.53. The molecule has 1 rings (SSSR count). The summed E-state index contributed by atoms with van der Waals surface area (Å²) >= 11 is 5.96. The summed E-state index contributed by atoms with van der Waals surface area (Å²) < 4.78 is 4.78. The summed E-state index contributed by atoms with van der Waals surface area (Å²) in [5, 5.41) is 5.84. The van der Waals surface area contributed by atoms with E-state index in [1.807, 2.05) is 19.9 Å². The number of methoxy groups -OCH3 is 1. The lowest BCUT2D eigenvalue weighted by atomic mass is 10.0. The summed E-state index contributed by atoms with van der Waals surface area (Å²) in [5.41, 5.74) is 0.795. The van der Waals surface area contributed by atoms with E-state index < -0.39 is 24.0 Å². The molecule has 1 aromatic rings. The number of nitrogens with one attached hydrogen (secondary N) is 2. The lowest BCUT2D eigenvalue weighted by Crippen LogP contribution is -2.52. The van der Waals surface area contributed by atoms with Gasteiger partial charge < -0.3 is 15.4 Å². The highest BCUT2D eigenvalue weighted by Crippen LogP contribution is 2.13. The second-order valence-electron chi connectivity index (χ2n) is 6.30. The number of halogens is 1. The molecule has 0 aromatic heterocycles. The number of rotatable bonds is 8. The number of amides is 2. The first-order chi connectivity index (χ1) is 11.7. The van der Waals surface area contributed by atoms with Gasteiger partial charge >= 0.3 is 5.97 Å². The van der Waals surface area contributed by atoms with Crippen LogP contribution in [-0.4, -0.2) is 37.0 Å². The minimum Gasteiger partial charge on any atom is -0.467 e. The maximum Gasteiger partial charge on any atom is 0.328 e. The predicted molar refractivity (Wildman–Crippen MR) is 96.2 cm³/mol. The van der Waals surface area contributed by atoms with Gasteiger partial charge in [-0.25, -0.2) is 4.79 Å². The molecular formula is C18H25ClN2O4. The fourth-order valence-corrected chi connectivity index (χ4v) is 2.67. The summed E-state index contributed by atoms with van der Waals surface area (Å²) in [6.45, 7) is 5.25. The Bertz CT molecular complexity index is 619. The Balaban J connectivity index is 2.89. The van der Waals surface area contributed by atoms with E-state index in [0.717, 1.165) is 5.56 Å². The smallest absolute Gasteiger partial charge is 0.328 e. The van der Waals surface area contributed by atoms with Crippen molar-refractivity contribution in [1.29, 1.82) is 0 Å². The Morgan fingerprint density at radius 2 is 1.84 bits per heavy atom. The Hall–Kier alpha value is -2.08. The van der Waals surface area contributed by atoms with Crippen LogP contribution in [0.2, 0.25) is 5.02 Å². The summed E-state index contributed by atoms with van der Waals surface area (Å²) in [6, 6.07) is 5.47. The van der Waals surface area contributed by atoms with Crippen LogP contribution in [-0.2, 0) is 25.5 Å². The molecule has 0 heterocycles. The van der Waals surface area contributed by atoms with E-state index in [1.165, 1.54) is 14.0 Å². The quantitative estimate of drug-likeness (QED) is 0.688. The minimum absolute atomic E-state index is 0.201. The average Bonchev–Trinajstić information content (AvgIpc) is 2.52. The zero-order chi connectivity index (χ0) is 19.0. The van der Waals surface area contributed by atoms with Gasteiger partial charge in [0.15, 0.2) is 0 Å². The first-order valence-corrected chi connectivity index (χ1v) is 8.50. The second kappa shape index (κ2) is 10.0. The van der Waals surface area contributed by atoms with Crippen LogP contribution >= 0.6 is 11.6 Å². The molecule has 25 heavy (non-hydrogen) atoms. The maximum absolute atomic E-state index is 12.5. The van der Waals surface area contributed by atoms with E-state index in [0.29, 0.717) is 11.4 Å². The number of benzene rings is 1. The maximum atomic E-state index is 12.5. The molecule has 0 fully saturated rings. The Labute approximate surface area is 153 Å². The van der Waals surface area contributed by atoms with Gasteiger partial charge in [-0.3, -0.25) is 9.59 Å². The van der Waals surface area contributed by atoms with Crippen molar-refractivity contribution >= 4 is 29.4 Å². The summed E-state index contributed by atoms with van der Waals surface area (Å²) in [6.07, 6.45) is 0.712. The third-order valence-corrected chi connectivity index (χ3v) is 3.77. The van der Waals surface area contributed by atoms with Crippen molar-refractivity contribution in [1.82, 2.24) is 10.6 Å². The first kappa shape index (κ1) is 21.0. The molecule has 0 radical (unpaired) electrons. The summed E-state index contributed by atoms with van der Waals surface area (Å²) in [7, 11) is 1.26. The van der Waals surface area contributed by atoms with Gasteiger partial charge in [0.25, 0.3) is 0 Å². The normalized spacial score (nSPS) is 13.0. The lowest BCUT2D eigenvalue weighted by molar-refractivity contribution is -0.145. The SMILES string of the molecule is COC(=O)[C@H](Cc1cccc(Cl)c1)NC(=O)[C@H](CC(C)C)NC(C)=O. The lowest BCUT2D eigenvalue weighted by Gasteiger charge is -2.23. The first-order valence-electron chi connectivity index (χ1n) is 8.12. The molecule has 7 heteroatoms. The molecule has 0 aliphatic rings. The van der Waals surface area contributed by atoms with E-state index in [9.17, 15) is 14.4 Å². The van der Waals surface area contributed by atoms with Crippen molar-refractivity contribution < 1.29 is 19.1 Å². The van der Waals surface area contributed by atoms with Crippen molar-refractivity contribution in [2.75, 3.05) is 7.11 Å². The van der Waals surface area contributed by atoms with E-state index >= 15 is 0 Å². The Morgan fingerprint density at radius 3 is 2.36 bits per heavy atom. The topological polar surface area (TPSA) is 84.5 Å². The third kappa shape index (κ3) is 7.56. The molecule has 6 nitrogen and oxygen atoms in total. The van der Waals surface area contributed by atoms with E-state index in [2.05, 4.69) is 10.6 Å². The van der Waals surface area contributed by atoms with Crippen LogP contribution in [0.25, 0.3) is 0 Å². The van der Waals surface area contributed by atoms with Crippen LogP contribution in [0.1, 0.15) is 32.8 Å². The van der Waals surface area contributed by atoms with E-state index in [1.54, 1.807) is 18.2 Å². The molecule has 0 saturated heterocycles. The number of carbonyl (C=O) groups is 3. The van der Waals surface area contributed by atoms with Gasteiger partial charge in [-0.1, -0.05) is 37.6 Å². The molecule has 0 saturated carbocycles. The highest BCUT2D eigenvalue weighted by atomic mass is 35.5. The van der Waals surface area contributed by atoms with Crippen molar-refractivity contribution in [3.05, 3.63) is 34.9 Å². The number of carbonyl (C=O) groups excluding carboxylic acids is 3.